The van der Waals surface area contributed by atoms with E-state index in [1.165, 1.54) is 5.01 Å². The Morgan fingerprint density at radius 2 is 1.58 bits per heavy atom. The number of amides is 1. The molecule has 0 aliphatic carbocycles. The van der Waals surface area contributed by atoms with Crippen molar-refractivity contribution in [1.82, 2.24) is 15.3 Å². The number of esters is 1. The van der Waals surface area contributed by atoms with E-state index in [0.717, 1.165) is 11.1 Å². The van der Waals surface area contributed by atoms with Gasteiger partial charge in [0.1, 0.15) is 12.6 Å². The molecule has 8 heteroatoms. The van der Waals surface area contributed by atoms with Gasteiger partial charge in [-0.2, -0.15) is 0 Å². The summed E-state index contributed by atoms with van der Waals surface area (Å²) in [4.78, 5) is 37.5. The maximum absolute atomic E-state index is 13.3. The zero-order valence-electron chi connectivity index (χ0n) is 19.6. The molecule has 0 saturated carbocycles. The SMILES string of the molecule is CCOC(=O)C(N[C@@H](C)C(=O)N(CC(=O)O)N(C)Cc1ccccc1)C(C)c1ccccc1. The first-order chi connectivity index (χ1) is 15.7. The number of hydrogen-bond donors (Lipinski definition) is 2. The van der Waals surface area contributed by atoms with Crippen molar-refractivity contribution in [1.29, 1.82) is 0 Å². The van der Waals surface area contributed by atoms with Crippen molar-refractivity contribution < 1.29 is 24.2 Å². The molecule has 178 valence electrons. The first-order valence-corrected chi connectivity index (χ1v) is 11.0. The third-order valence-electron chi connectivity index (χ3n) is 5.37. The molecule has 2 rings (SSSR count). The van der Waals surface area contributed by atoms with Crippen LogP contribution < -0.4 is 5.32 Å². The van der Waals surface area contributed by atoms with Crippen LogP contribution in [0.1, 0.15) is 37.8 Å². The van der Waals surface area contributed by atoms with Gasteiger partial charge < -0.3 is 9.84 Å². The van der Waals surface area contributed by atoms with Crippen LogP contribution in [0.3, 0.4) is 0 Å². The highest BCUT2D eigenvalue weighted by molar-refractivity contribution is 5.86. The first-order valence-electron chi connectivity index (χ1n) is 11.0. The molecule has 0 aromatic heterocycles. The minimum atomic E-state index is -1.13. The molecular formula is C25H33N3O5. The quantitative estimate of drug-likeness (QED) is 0.375. The van der Waals surface area contributed by atoms with Gasteiger partial charge in [-0.3, -0.25) is 24.7 Å². The summed E-state index contributed by atoms with van der Waals surface area (Å²) in [6, 6.07) is 17.3. The van der Waals surface area contributed by atoms with Crippen molar-refractivity contribution in [2.75, 3.05) is 20.2 Å². The summed E-state index contributed by atoms with van der Waals surface area (Å²) in [6.45, 7) is 5.31. The molecule has 0 heterocycles. The maximum Gasteiger partial charge on any atom is 0.324 e. The van der Waals surface area contributed by atoms with Crippen molar-refractivity contribution in [2.45, 2.75) is 45.3 Å². The molecule has 0 spiro atoms. The number of hydrazine groups is 1. The van der Waals surface area contributed by atoms with E-state index in [1.54, 1.807) is 25.9 Å². The number of benzene rings is 2. The summed E-state index contributed by atoms with van der Waals surface area (Å²) < 4.78 is 5.25. The van der Waals surface area contributed by atoms with Crippen molar-refractivity contribution in [2.24, 2.45) is 0 Å². The number of hydrogen-bond acceptors (Lipinski definition) is 6. The number of aliphatic carboxylic acids is 1. The largest absolute Gasteiger partial charge is 0.480 e. The molecule has 0 aliphatic heterocycles. The maximum atomic E-state index is 13.3. The molecule has 0 saturated heterocycles. The van der Waals surface area contributed by atoms with E-state index in [1.807, 2.05) is 67.6 Å². The zero-order chi connectivity index (χ0) is 24.4. The summed E-state index contributed by atoms with van der Waals surface area (Å²) in [5.74, 6) is -2.31. The fourth-order valence-corrected chi connectivity index (χ4v) is 3.59. The topological polar surface area (TPSA) is 99.2 Å². The highest BCUT2D eigenvalue weighted by Crippen LogP contribution is 2.21. The third kappa shape index (κ3) is 7.69. The fraction of sp³-hybridized carbons (Fsp3) is 0.400. The van der Waals surface area contributed by atoms with Crippen LogP contribution in [0.15, 0.2) is 60.7 Å². The highest BCUT2D eigenvalue weighted by Gasteiger charge is 2.33. The van der Waals surface area contributed by atoms with Gasteiger partial charge in [0.15, 0.2) is 0 Å². The van der Waals surface area contributed by atoms with Crippen LogP contribution in [0, 0.1) is 0 Å². The molecule has 0 aliphatic rings. The lowest BCUT2D eigenvalue weighted by Crippen LogP contribution is -2.56. The molecule has 3 atom stereocenters. The number of carboxylic acid groups (broad SMARTS) is 1. The molecule has 8 nitrogen and oxygen atoms in total. The molecule has 33 heavy (non-hydrogen) atoms. The van der Waals surface area contributed by atoms with Crippen molar-refractivity contribution >= 4 is 17.8 Å². The van der Waals surface area contributed by atoms with Gasteiger partial charge in [-0.15, -0.1) is 0 Å². The summed E-state index contributed by atoms with van der Waals surface area (Å²) in [5.41, 5.74) is 1.86. The van der Waals surface area contributed by atoms with Crippen molar-refractivity contribution in [3.05, 3.63) is 71.8 Å². The molecular weight excluding hydrogens is 422 g/mol. The average Bonchev–Trinajstić information content (AvgIpc) is 2.81. The minimum Gasteiger partial charge on any atom is -0.480 e. The number of nitrogens with one attached hydrogen (secondary N) is 1. The fourth-order valence-electron chi connectivity index (χ4n) is 3.59. The molecule has 2 unspecified atom stereocenters. The molecule has 0 radical (unpaired) electrons. The second-order valence-electron chi connectivity index (χ2n) is 7.91. The summed E-state index contributed by atoms with van der Waals surface area (Å²) in [7, 11) is 1.66. The molecule has 1 amide bonds. The van der Waals surface area contributed by atoms with E-state index in [2.05, 4.69) is 5.32 Å². The van der Waals surface area contributed by atoms with Gasteiger partial charge in [0.05, 0.1) is 12.6 Å². The van der Waals surface area contributed by atoms with Crippen LogP contribution in [-0.2, 0) is 25.7 Å². The first kappa shape index (κ1) is 26.0. The lowest BCUT2D eigenvalue weighted by atomic mass is 9.92. The number of carboxylic acids is 1. The number of rotatable bonds is 12. The molecule has 2 aromatic carbocycles. The van der Waals surface area contributed by atoms with Crippen LogP contribution in [0.25, 0.3) is 0 Å². The van der Waals surface area contributed by atoms with Crippen LogP contribution in [0.4, 0.5) is 0 Å². The number of carbonyl (C=O) groups is 3. The van der Waals surface area contributed by atoms with Crippen LogP contribution >= 0.6 is 0 Å². The van der Waals surface area contributed by atoms with E-state index in [-0.39, 0.29) is 12.5 Å². The number of carbonyl (C=O) groups excluding carboxylic acids is 2. The standard InChI is InChI=1S/C25H33N3O5/c1-5-33-25(32)23(18(2)21-14-10-7-11-15-21)26-19(3)24(31)28(17-22(29)30)27(4)16-20-12-8-6-9-13-20/h6-15,18-19,23,26H,5,16-17H2,1-4H3,(H,29,30)/t18?,19-,23?/m0/s1. The second kappa shape index (κ2) is 12.7. The predicted octanol–water partition coefficient (Wildman–Crippen LogP) is 2.66. The smallest absolute Gasteiger partial charge is 0.324 e. The Labute approximate surface area is 195 Å². The van der Waals surface area contributed by atoms with Crippen LogP contribution in [0.5, 0.6) is 0 Å². The summed E-state index contributed by atoms with van der Waals surface area (Å²) >= 11 is 0. The van der Waals surface area contributed by atoms with Gasteiger partial charge in [0.25, 0.3) is 5.91 Å². The molecule has 0 bridgehead atoms. The molecule has 2 aromatic rings. The Hall–Kier alpha value is -3.23. The number of nitrogens with zero attached hydrogens (tertiary/aromatic N) is 2. The predicted molar refractivity (Wildman–Crippen MR) is 125 cm³/mol. The Morgan fingerprint density at radius 3 is 2.12 bits per heavy atom. The Morgan fingerprint density at radius 1 is 1.00 bits per heavy atom. The Balaban J connectivity index is 2.21. The van der Waals surface area contributed by atoms with Gasteiger partial charge in [-0.05, 0) is 25.0 Å². The molecule has 0 fully saturated rings. The monoisotopic (exact) mass is 455 g/mol. The van der Waals surface area contributed by atoms with E-state index in [0.29, 0.717) is 6.54 Å². The Kier molecular flexibility index (Phi) is 10.0. The zero-order valence-corrected chi connectivity index (χ0v) is 19.6. The van der Waals surface area contributed by atoms with Gasteiger partial charge in [0, 0.05) is 19.5 Å². The van der Waals surface area contributed by atoms with E-state index < -0.39 is 36.5 Å². The lowest BCUT2D eigenvalue weighted by Gasteiger charge is -2.34. The lowest BCUT2D eigenvalue weighted by molar-refractivity contribution is -0.160. The van der Waals surface area contributed by atoms with Gasteiger partial charge in [0.2, 0.25) is 0 Å². The van der Waals surface area contributed by atoms with Crippen molar-refractivity contribution in [3.8, 4) is 0 Å². The summed E-state index contributed by atoms with van der Waals surface area (Å²) in [6.07, 6.45) is 0. The van der Waals surface area contributed by atoms with E-state index in [9.17, 15) is 19.5 Å². The normalized spacial score (nSPS) is 13.7. The molecule has 2 N–H and O–H groups in total. The average molecular weight is 456 g/mol. The van der Waals surface area contributed by atoms with Crippen LogP contribution in [0.2, 0.25) is 0 Å². The number of ether oxygens (including phenoxy) is 1. The third-order valence-corrected chi connectivity index (χ3v) is 5.37. The minimum absolute atomic E-state index is 0.214. The van der Waals surface area contributed by atoms with Gasteiger partial charge >= 0.3 is 11.9 Å². The second-order valence-corrected chi connectivity index (χ2v) is 7.91. The van der Waals surface area contributed by atoms with Gasteiger partial charge in [-0.1, -0.05) is 67.6 Å². The Bertz CT molecular complexity index is 907. The van der Waals surface area contributed by atoms with E-state index >= 15 is 0 Å². The van der Waals surface area contributed by atoms with E-state index in [4.69, 9.17) is 4.74 Å². The summed E-state index contributed by atoms with van der Waals surface area (Å²) in [5, 5.41) is 15.2. The van der Waals surface area contributed by atoms with Gasteiger partial charge in [-0.25, -0.2) is 5.01 Å². The highest BCUT2D eigenvalue weighted by atomic mass is 16.5. The van der Waals surface area contributed by atoms with Crippen molar-refractivity contribution in [3.63, 3.8) is 0 Å². The van der Waals surface area contributed by atoms with Crippen LogP contribution in [-0.4, -0.2) is 65.3 Å².